The van der Waals surface area contributed by atoms with Crippen molar-refractivity contribution in [3.05, 3.63) is 58.6 Å². The lowest BCUT2D eigenvalue weighted by atomic mass is 10.2. The van der Waals surface area contributed by atoms with Crippen molar-refractivity contribution < 1.29 is 13.2 Å². The Morgan fingerprint density at radius 3 is 2.33 bits per heavy atom. The second-order valence-corrected chi connectivity index (χ2v) is 7.89. The molecule has 0 unspecified atom stereocenters. The summed E-state index contributed by atoms with van der Waals surface area (Å²) in [6, 6.07) is 12.2. The van der Waals surface area contributed by atoms with Crippen molar-refractivity contribution in [3.63, 3.8) is 0 Å². The molecule has 2 aromatic carbocycles. The van der Waals surface area contributed by atoms with Gasteiger partial charge in [0.2, 0.25) is 15.9 Å². The summed E-state index contributed by atoms with van der Waals surface area (Å²) >= 11 is 12.1. The summed E-state index contributed by atoms with van der Waals surface area (Å²) < 4.78 is 25.4. The first-order valence-corrected chi connectivity index (χ1v) is 9.61. The maximum Gasteiger partial charge on any atom is 0.247 e. The number of rotatable bonds is 5. The monoisotopic (exact) mass is 386 g/mol. The highest BCUT2D eigenvalue weighted by atomic mass is 35.5. The van der Waals surface area contributed by atoms with E-state index < -0.39 is 22.0 Å². The molecule has 0 bridgehead atoms. The van der Waals surface area contributed by atoms with Gasteiger partial charge in [-0.3, -0.25) is 9.10 Å². The highest BCUT2D eigenvalue weighted by Gasteiger charge is 2.30. The first-order valence-electron chi connectivity index (χ1n) is 7.00. The minimum absolute atomic E-state index is 0.155. The molecule has 0 saturated carbocycles. The number of nitrogens with zero attached hydrogens (tertiary/aromatic N) is 1. The number of hydrogen-bond donors (Lipinski definition) is 1. The van der Waals surface area contributed by atoms with Crippen LogP contribution >= 0.6 is 23.2 Å². The highest BCUT2D eigenvalue weighted by Crippen LogP contribution is 2.32. The summed E-state index contributed by atoms with van der Waals surface area (Å²) in [5.74, 6) is -0.484. The summed E-state index contributed by atoms with van der Waals surface area (Å²) in [5.41, 5.74) is 0.724. The third-order valence-electron chi connectivity index (χ3n) is 3.28. The van der Waals surface area contributed by atoms with Gasteiger partial charge in [-0.15, -0.1) is 0 Å². The topological polar surface area (TPSA) is 66.5 Å². The molecule has 0 aliphatic carbocycles. The predicted octanol–water partition coefficient (Wildman–Crippen LogP) is 3.79. The third-order valence-corrected chi connectivity index (χ3v) is 5.06. The maximum atomic E-state index is 12.5. The van der Waals surface area contributed by atoms with E-state index in [1.807, 2.05) is 6.07 Å². The number of benzene rings is 2. The summed E-state index contributed by atoms with van der Waals surface area (Å²) in [5, 5.41) is 3.18. The Hall–Kier alpha value is -1.76. The number of amides is 1. The van der Waals surface area contributed by atoms with Crippen molar-refractivity contribution in [2.24, 2.45) is 0 Å². The van der Waals surface area contributed by atoms with E-state index >= 15 is 0 Å². The number of para-hydroxylation sites is 1. The van der Waals surface area contributed by atoms with E-state index in [2.05, 4.69) is 5.32 Å². The number of halogens is 2. The molecule has 0 aliphatic heterocycles. The van der Waals surface area contributed by atoms with E-state index in [4.69, 9.17) is 23.2 Å². The van der Waals surface area contributed by atoms with Gasteiger partial charge in [-0.1, -0.05) is 41.4 Å². The van der Waals surface area contributed by atoms with Gasteiger partial charge in [0.15, 0.2) is 0 Å². The lowest BCUT2D eigenvalue weighted by molar-refractivity contribution is -0.116. The van der Waals surface area contributed by atoms with Crippen LogP contribution in [0.25, 0.3) is 0 Å². The first-order chi connectivity index (χ1) is 11.2. The molecule has 1 amide bonds. The standard InChI is InChI=1S/C16H16Cl2N2O3S/c1-11(16(21)19-13-6-4-3-5-7-13)20(24(2,22)23)15-10-12(17)8-9-14(15)18/h3-11H,1-2H3,(H,19,21)/t11-/m1/s1. The zero-order valence-electron chi connectivity index (χ0n) is 13.0. The number of hydrogen-bond acceptors (Lipinski definition) is 3. The number of sulfonamides is 1. The predicted molar refractivity (Wildman–Crippen MR) is 98.3 cm³/mol. The zero-order chi connectivity index (χ0) is 17.9. The summed E-state index contributed by atoms with van der Waals surface area (Å²) in [6.45, 7) is 1.48. The molecule has 0 radical (unpaired) electrons. The van der Waals surface area contributed by atoms with Gasteiger partial charge >= 0.3 is 0 Å². The Morgan fingerprint density at radius 2 is 1.75 bits per heavy atom. The minimum atomic E-state index is -3.76. The second kappa shape index (κ2) is 7.42. The van der Waals surface area contributed by atoms with Gasteiger partial charge in [0.25, 0.3) is 0 Å². The fraction of sp³-hybridized carbons (Fsp3) is 0.188. The third kappa shape index (κ3) is 4.41. The van der Waals surface area contributed by atoms with Crippen molar-refractivity contribution in [2.45, 2.75) is 13.0 Å². The van der Waals surface area contributed by atoms with Gasteiger partial charge in [-0.25, -0.2) is 8.42 Å². The van der Waals surface area contributed by atoms with E-state index in [-0.39, 0.29) is 10.7 Å². The van der Waals surface area contributed by atoms with Gasteiger partial charge in [0, 0.05) is 10.7 Å². The Bertz CT molecular complexity index is 842. The fourth-order valence-corrected chi connectivity index (χ4v) is 3.81. The molecule has 0 spiro atoms. The lowest BCUT2D eigenvalue weighted by Crippen LogP contribution is -2.45. The molecule has 24 heavy (non-hydrogen) atoms. The molecular formula is C16H16Cl2N2O3S. The molecule has 1 atom stereocenters. The van der Waals surface area contributed by atoms with Crippen LogP contribution in [0.15, 0.2) is 48.5 Å². The van der Waals surface area contributed by atoms with E-state index in [0.29, 0.717) is 10.7 Å². The van der Waals surface area contributed by atoms with Gasteiger partial charge in [0.1, 0.15) is 6.04 Å². The zero-order valence-corrected chi connectivity index (χ0v) is 15.4. The van der Waals surface area contributed by atoms with E-state index in [0.717, 1.165) is 10.6 Å². The number of anilines is 2. The van der Waals surface area contributed by atoms with Crippen LogP contribution < -0.4 is 9.62 Å². The highest BCUT2D eigenvalue weighted by molar-refractivity contribution is 7.92. The van der Waals surface area contributed by atoms with E-state index in [1.165, 1.54) is 19.1 Å². The Labute approximate surface area is 151 Å². The van der Waals surface area contributed by atoms with Crippen LogP contribution in [0.1, 0.15) is 6.92 Å². The maximum absolute atomic E-state index is 12.5. The molecule has 1 N–H and O–H groups in total. The normalized spacial score (nSPS) is 12.5. The van der Waals surface area contributed by atoms with Crippen molar-refractivity contribution in [2.75, 3.05) is 15.9 Å². The van der Waals surface area contributed by atoms with Crippen molar-refractivity contribution in [1.82, 2.24) is 0 Å². The molecule has 128 valence electrons. The van der Waals surface area contributed by atoms with E-state index in [1.54, 1.807) is 30.3 Å². The molecule has 0 aliphatic rings. The van der Waals surface area contributed by atoms with Crippen LogP contribution in [0.5, 0.6) is 0 Å². The average Bonchev–Trinajstić information content (AvgIpc) is 2.50. The summed E-state index contributed by atoms with van der Waals surface area (Å²) in [6.07, 6.45) is 1.01. The average molecular weight is 387 g/mol. The molecule has 0 fully saturated rings. The number of nitrogens with one attached hydrogen (secondary N) is 1. The Morgan fingerprint density at radius 1 is 1.12 bits per heavy atom. The van der Waals surface area contributed by atoms with Crippen LogP contribution in [0.4, 0.5) is 11.4 Å². The number of carbonyl (C=O) groups excluding carboxylic acids is 1. The lowest BCUT2D eigenvalue weighted by Gasteiger charge is -2.29. The molecule has 2 rings (SSSR count). The first kappa shape index (κ1) is 18.6. The fourth-order valence-electron chi connectivity index (χ4n) is 2.20. The van der Waals surface area contributed by atoms with Crippen LogP contribution in [-0.4, -0.2) is 26.6 Å². The smallest absolute Gasteiger partial charge is 0.247 e. The van der Waals surface area contributed by atoms with Crippen LogP contribution in [0.3, 0.4) is 0 Å². The number of carbonyl (C=O) groups is 1. The van der Waals surface area contributed by atoms with Crippen molar-refractivity contribution in [3.8, 4) is 0 Å². The molecule has 0 heterocycles. The van der Waals surface area contributed by atoms with Gasteiger partial charge < -0.3 is 5.32 Å². The molecule has 0 aromatic heterocycles. The quantitative estimate of drug-likeness (QED) is 0.849. The Kier molecular flexibility index (Phi) is 5.74. The summed E-state index contributed by atoms with van der Waals surface area (Å²) in [7, 11) is -3.76. The van der Waals surface area contributed by atoms with Crippen LogP contribution in [0, 0.1) is 0 Å². The molecular weight excluding hydrogens is 371 g/mol. The van der Waals surface area contributed by atoms with Gasteiger partial charge in [-0.2, -0.15) is 0 Å². The SMILES string of the molecule is C[C@H](C(=O)Nc1ccccc1)N(c1cc(Cl)ccc1Cl)S(C)(=O)=O. The molecule has 0 saturated heterocycles. The van der Waals surface area contributed by atoms with Crippen LogP contribution in [-0.2, 0) is 14.8 Å². The van der Waals surface area contributed by atoms with Gasteiger partial charge in [-0.05, 0) is 37.3 Å². The molecule has 2 aromatic rings. The van der Waals surface area contributed by atoms with Gasteiger partial charge in [0.05, 0.1) is 17.0 Å². The Balaban J connectivity index is 2.38. The van der Waals surface area contributed by atoms with Crippen molar-refractivity contribution in [1.29, 1.82) is 0 Å². The largest absolute Gasteiger partial charge is 0.324 e. The van der Waals surface area contributed by atoms with Crippen LogP contribution in [0.2, 0.25) is 10.0 Å². The molecule has 8 heteroatoms. The minimum Gasteiger partial charge on any atom is -0.324 e. The van der Waals surface area contributed by atoms with E-state index in [9.17, 15) is 13.2 Å². The second-order valence-electron chi connectivity index (χ2n) is 5.19. The summed E-state index contributed by atoms with van der Waals surface area (Å²) in [4.78, 5) is 12.5. The van der Waals surface area contributed by atoms with Crippen molar-refractivity contribution >= 4 is 50.5 Å². The molecule has 5 nitrogen and oxygen atoms in total.